The van der Waals surface area contributed by atoms with Gasteiger partial charge in [0, 0.05) is 4.75 Å². The van der Waals surface area contributed by atoms with Crippen LogP contribution in [0.25, 0.3) is 0 Å². The minimum absolute atomic E-state index is 0.0984. The van der Waals surface area contributed by atoms with E-state index in [-0.39, 0.29) is 28.6 Å². The van der Waals surface area contributed by atoms with E-state index >= 15 is 0 Å². The second-order valence-corrected chi connectivity index (χ2v) is 6.48. The molecular formula is C11H16N2O3S. The van der Waals surface area contributed by atoms with Gasteiger partial charge in [0.15, 0.2) is 0 Å². The van der Waals surface area contributed by atoms with Gasteiger partial charge in [-0.3, -0.25) is 4.79 Å². The van der Waals surface area contributed by atoms with E-state index in [0.717, 1.165) is 0 Å². The van der Waals surface area contributed by atoms with E-state index < -0.39 is 12.1 Å². The number of nitrogens with two attached hydrogens (primary N) is 1. The second-order valence-electron chi connectivity index (χ2n) is 4.70. The molecule has 2 rings (SSSR count). The first-order valence-electron chi connectivity index (χ1n) is 5.43. The minimum atomic E-state index is -0.551. The Kier molecular flexibility index (Phi) is 2.95. The molecule has 0 spiro atoms. The molecule has 0 aromatic rings. The summed E-state index contributed by atoms with van der Waals surface area (Å²) in [4.78, 5) is 25.2. The lowest BCUT2D eigenvalue weighted by Gasteiger charge is -2.41. The molecule has 0 saturated carbocycles. The van der Waals surface area contributed by atoms with Gasteiger partial charge in [0.2, 0.25) is 5.91 Å². The van der Waals surface area contributed by atoms with Crippen LogP contribution in [0.2, 0.25) is 0 Å². The van der Waals surface area contributed by atoms with Crippen LogP contribution in [0.4, 0.5) is 0 Å². The fraction of sp³-hybridized carbons (Fsp3) is 0.636. The van der Waals surface area contributed by atoms with Gasteiger partial charge in [-0.05, 0) is 13.8 Å². The third kappa shape index (κ3) is 1.75. The standard InChI is InChI=1S/C11H16N2O3S/c1-4-5-16-10(15)7-11(2,3)17-9-6(12)8(14)13(7)9/h4,6-7,9H,1,5,12H2,2-3H3/t6-,7+,9-/m1/s1. The van der Waals surface area contributed by atoms with Crippen molar-refractivity contribution in [1.82, 2.24) is 4.90 Å². The minimum Gasteiger partial charge on any atom is -0.460 e. The molecule has 0 radical (unpaired) electrons. The SMILES string of the molecule is C=CCOC(=O)[C@@H]1N2C(=O)[C@@H](N)[C@H]2SC1(C)C. The molecule has 2 N–H and O–H groups in total. The molecule has 0 aromatic carbocycles. The van der Waals surface area contributed by atoms with Gasteiger partial charge in [0.1, 0.15) is 24.1 Å². The number of ether oxygens (including phenoxy) is 1. The quantitative estimate of drug-likeness (QED) is 0.440. The first-order valence-corrected chi connectivity index (χ1v) is 6.31. The normalized spacial score (nSPS) is 33.9. The molecule has 6 heteroatoms. The smallest absolute Gasteiger partial charge is 0.330 e. The summed E-state index contributed by atoms with van der Waals surface area (Å²) in [5, 5.41) is -0.0984. The van der Waals surface area contributed by atoms with Crippen LogP contribution >= 0.6 is 11.8 Å². The van der Waals surface area contributed by atoms with Gasteiger partial charge in [-0.15, -0.1) is 11.8 Å². The van der Waals surface area contributed by atoms with E-state index in [1.54, 1.807) is 16.7 Å². The Bertz CT molecular complexity index is 383. The van der Waals surface area contributed by atoms with Crippen molar-refractivity contribution in [2.45, 2.75) is 36.1 Å². The third-order valence-electron chi connectivity index (χ3n) is 3.05. The van der Waals surface area contributed by atoms with Crippen LogP contribution in [0, 0.1) is 0 Å². The maximum Gasteiger partial charge on any atom is 0.330 e. The van der Waals surface area contributed by atoms with Gasteiger partial charge in [-0.1, -0.05) is 12.7 Å². The Hall–Kier alpha value is -1.01. The summed E-state index contributed by atoms with van der Waals surface area (Å²) < 4.78 is 4.67. The van der Waals surface area contributed by atoms with Crippen molar-refractivity contribution in [3.8, 4) is 0 Å². The summed E-state index contributed by atoms with van der Waals surface area (Å²) >= 11 is 1.55. The molecule has 5 nitrogen and oxygen atoms in total. The van der Waals surface area contributed by atoms with Crippen molar-refractivity contribution in [3.05, 3.63) is 12.7 Å². The Labute approximate surface area is 104 Å². The van der Waals surface area contributed by atoms with Crippen molar-refractivity contribution in [2.24, 2.45) is 5.73 Å². The van der Waals surface area contributed by atoms with Gasteiger partial charge in [-0.25, -0.2) is 4.79 Å². The molecule has 2 heterocycles. The highest BCUT2D eigenvalue weighted by atomic mass is 32.2. The summed E-state index contributed by atoms with van der Waals surface area (Å²) in [6, 6.07) is -1.04. The predicted molar refractivity (Wildman–Crippen MR) is 65.2 cm³/mol. The summed E-state index contributed by atoms with van der Waals surface area (Å²) in [6.45, 7) is 7.50. The highest BCUT2D eigenvalue weighted by Crippen LogP contribution is 2.50. The number of carbonyl (C=O) groups is 2. The van der Waals surface area contributed by atoms with Crippen molar-refractivity contribution < 1.29 is 14.3 Å². The molecule has 0 aromatic heterocycles. The number of β-lactam (4-membered cyclic amide) rings is 1. The van der Waals surface area contributed by atoms with Gasteiger partial charge in [-0.2, -0.15) is 0 Å². The number of esters is 1. The zero-order valence-corrected chi connectivity index (χ0v) is 10.7. The van der Waals surface area contributed by atoms with E-state index in [4.69, 9.17) is 10.5 Å². The lowest BCUT2D eigenvalue weighted by Crippen LogP contribution is -2.68. The van der Waals surface area contributed by atoms with E-state index in [2.05, 4.69) is 6.58 Å². The monoisotopic (exact) mass is 256 g/mol. The molecule has 0 unspecified atom stereocenters. The molecule has 0 bridgehead atoms. The topological polar surface area (TPSA) is 72.6 Å². The average molecular weight is 256 g/mol. The molecule has 2 fully saturated rings. The Balaban J connectivity index is 2.17. The van der Waals surface area contributed by atoms with Crippen LogP contribution in [0.1, 0.15) is 13.8 Å². The second kappa shape index (κ2) is 4.03. The van der Waals surface area contributed by atoms with E-state index in [9.17, 15) is 9.59 Å². The van der Waals surface area contributed by atoms with Crippen molar-refractivity contribution >= 4 is 23.6 Å². The fourth-order valence-corrected chi connectivity index (χ4v) is 3.81. The van der Waals surface area contributed by atoms with Gasteiger partial charge in [0.25, 0.3) is 0 Å². The molecular weight excluding hydrogens is 240 g/mol. The number of thioether (sulfide) groups is 1. The van der Waals surface area contributed by atoms with E-state index in [1.807, 2.05) is 13.8 Å². The van der Waals surface area contributed by atoms with Crippen molar-refractivity contribution in [2.75, 3.05) is 6.61 Å². The Morgan fingerprint density at radius 2 is 2.35 bits per heavy atom. The Morgan fingerprint density at radius 1 is 1.71 bits per heavy atom. The van der Waals surface area contributed by atoms with E-state index in [1.165, 1.54) is 6.08 Å². The maximum absolute atomic E-state index is 11.9. The lowest BCUT2D eigenvalue weighted by molar-refractivity contribution is -0.162. The zero-order chi connectivity index (χ0) is 12.8. The molecule has 94 valence electrons. The van der Waals surface area contributed by atoms with Crippen LogP contribution in [0.5, 0.6) is 0 Å². The van der Waals surface area contributed by atoms with Crippen LogP contribution in [-0.4, -0.2) is 45.6 Å². The molecule has 1 amide bonds. The zero-order valence-electron chi connectivity index (χ0n) is 9.88. The number of amides is 1. The third-order valence-corrected chi connectivity index (χ3v) is 4.64. The molecule has 2 aliphatic heterocycles. The van der Waals surface area contributed by atoms with Crippen LogP contribution in [0.15, 0.2) is 12.7 Å². The highest BCUT2D eigenvalue weighted by molar-refractivity contribution is 8.01. The number of hydrogen-bond donors (Lipinski definition) is 1. The van der Waals surface area contributed by atoms with E-state index in [0.29, 0.717) is 0 Å². The summed E-state index contributed by atoms with van der Waals surface area (Å²) in [6.07, 6.45) is 1.51. The van der Waals surface area contributed by atoms with Gasteiger partial charge >= 0.3 is 5.97 Å². The number of hydrogen-bond acceptors (Lipinski definition) is 5. The Morgan fingerprint density at radius 3 is 2.94 bits per heavy atom. The molecule has 17 heavy (non-hydrogen) atoms. The van der Waals surface area contributed by atoms with Gasteiger partial charge < -0.3 is 15.4 Å². The number of rotatable bonds is 3. The largest absolute Gasteiger partial charge is 0.460 e. The first kappa shape index (κ1) is 12.4. The average Bonchev–Trinajstić information content (AvgIpc) is 2.54. The van der Waals surface area contributed by atoms with Crippen LogP contribution in [0.3, 0.4) is 0 Å². The fourth-order valence-electron chi connectivity index (χ4n) is 2.24. The molecule has 2 saturated heterocycles. The number of fused-ring (bicyclic) bond motifs is 1. The van der Waals surface area contributed by atoms with Crippen molar-refractivity contribution in [3.63, 3.8) is 0 Å². The molecule has 0 aliphatic carbocycles. The molecule has 3 atom stereocenters. The lowest BCUT2D eigenvalue weighted by atomic mass is 9.96. The first-order chi connectivity index (χ1) is 7.90. The predicted octanol–water partition coefficient (Wildman–Crippen LogP) is 0.105. The van der Waals surface area contributed by atoms with Gasteiger partial charge in [0.05, 0.1) is 0 Å². The van der Waals surface area contributed by atoms with Crippen LogP contribution < -0.4 is 5.73 Å². The number of carbonyl (C=O) groups excluding carboxylic acids is 2. The summed E-state index contributed by atoms with van der Waals surface area (Å²) in [7, 11) is 0. The number of nitrogens with zero attached hydrogens (tertiary/aromatic N) is 1. The summed E-state index contributed by atoms with van der Waals surface area (Å²) in [5.41, 5.74) is 5.71. The molecule has 2 aliphatic rings. The summed E-state index contributed by atoms with van der Waals surface area (Å²) in [5.74, 6) is -0.557. The highest BCUT2D eigenvalue weighted by Gasteiger charge is 2.63. The van der Waals surface area contributed by atoms with Crippen LogP contribution in [-0.2, 0) is 14.3 Å². The van der Waals surface area contributed by atoms with Crippen molar-refractivity contribution in [1.29, 1.82) is 0 Å². The maximum atomic E-state index is 11.9.